The van der Waals surface area contributed by atoms with Gasteiger partial charge < -0.3 is 20.3 Å². The molecule has 3 N–H and O–H groups in total. The smallest absolute Gasteiger partial charge is 0.412 e. The predicted octanol–water partition coefficient (Wildman–Crippen LogP) is 4.70. The molecule has 0 fully saturated rings. The van der Waals surface area contributed by atoms with Gasteiger partial charge in [-0.05, 0) is 41.3 Å². The zero-order valence-electron chi connectivity index (χ0n) is 20.5. The summed E-state index contributed by atoms with van der Waals surface area (Å²) >= 11 is 5.88. The Labute approximate surface area is 225 Å². The minimum Gasteiger partial charge on any atom is -0.447 e. The first kappa shape index (κ1) is 29.4. The Morgan fingerprint density at radius 3 is 2.69 bits per heavy atom. The average Bonchev–Trinajstić information content (AvgIpc) is 2.89. The number of ether oxygens (including phenoxy) is 1. The lowest BCUT2D eigenvalue weighted by atomic mass is 10.1. The summed E-state index contributed by atoms with van der Waals surface area (Å²) in [6.07, 6.45) is -0.525. The van der Waals surface area contributed by atoms with Crippen molar-refractivity contribution >= 4 is 46.7 Å². The summed E-state index contributed by atoms with van der Waals surface area (Å²) in [6, 6.07) is 7.23. The lowest BCUT2D eigenvalue weighted by Gasteiger charge is -2.31. The molecule has 0 aliphatic carbocycles. The molecule has 1 heterocycles. The summed E-state index contributed by atoms with van der Waals surface area (Å²) in [5.41, 5.74) is 0.258. The van der Waals surface area contributed by atoms with Crippen molar-refractivity contribution in [3.63, 3.8) is 0 Å². The van der Waals surface area contributed by atoms with E-state index >= 15 is 0 Å². The third-order valence-electron chi connectivity index (χ3n) is 5.63. The number of urea groups is 1. The van der Waals surface area contributed by atoms with E-state index in [0.717, 1.165) is 11.0 Å². The number of halogens is 5. The Morgan fingerprint density at radius 1 is 1.18 bits per heavy atom. The predicted molar refractivity (Wildman–Crippen MR) is 135 cm³/mol. The van der Waals surface area contributed by atoms with Gasteiger partial charge in [-0.25, -0.2) is 32.1 Å². The number of hydrogen-bond donors (Lipinski definition) is 3. The Kier molecular flexibility index (Phi) is 9.88. The van der Waals surface area contributed by atoms with E-state index in [9.17, 15) is 31.9 Å². The zero-order valence-corrected chi connectivity index (χ0v) is 21.3. The molecule has 1 atom stereocenters. The van der Waals surface area contributed by atoms with Crippen molar-refractivity contribution < 1.29 is 36.7 Å². The Hall–Kier alpha value is -4.13. The number of fused-ring (bicyclic) bond motifs is 1. The third-order valence-corrected chi connectivity index (χ3v) is 6.05. The highest BCUT2D eigenvalue weighted by Gasteiger charge is 2.36. The van der Waals surface area contributed by atoms with Gasteiger partial charge in [-0.2, -0.15) is 0 Å². The molecular weight excluding hydrogens is 546 g/mol. The highest BCUT2D eigenvalue weighted by Crippen LogP contribution is 2.23. The molecule has 0 aliphatic heterocycles. The van der Waals surface area contributed by atoms with E-state index in [-0.39, 0.29) is 29.4 Å². The summed E-state index contributed by atoms with van der Waals surface area (Å²) in [5, 5.41) is 7.52. The van der Waals surface area contributed by atoms with E-state index in [2.05, 4.69) is 15.6 Å². The van der Waals surface area contributed by atoms with Crippen LogP contribution in [0, 0.1) is 11.6 Å². The van der Waals surface area contributed by atoms with Crippen molar-refractivity contribution in [2.45, 2.75) is 24.9 Å². The Morgan fingerprint density at radius 2 is 1.95 bits per heavy atom. The van der Waals surface area contributed by atoms with E-state index in [1.807, 2.05) is 5.32 Å². The third kappa shape index (κ3) is 8.43. The number of anilines is 1. The minimum atomic E-state index is -3.46. The molecule has 0 bridgehead atoms. The maximum absolute atomic E-state index is 14.4. The van der Waals surface area contributed by atoms with Gasteiger partial charge in [0.05, 0.1) is 17.6 Å². The van der Waals surface area contributed by atoms with Gasteiger partial charge in [0.15, 0.2) is 0 Å². The maximum Gasteiger partial charge on any atom is 0.412 e. The average molecular weight is 570 g/mol. The Bertz CT molecular complexity index is 1350. The lowest BCUT2D eigenvalue weighted by molar-refractivity contribution is -0.112. The number of nitrogens with zero attached hydrogens (tertiary/aromatic N) is 2. The molecule has 2 aromatic carbocycles. The number of amides is 4. The molecule has 39 heavy (non-hydrogen) atoms. The van der Waals surface area contributed by atoms with Gasteiger partial charge >= 0.3 is 12.1 Å². The van der Waals surface area contributed by atoms with E-state index in [0.29, 0.717) is 10.8 Å². The number of pyridine rings is 1. The lowest BCUT2D eigenvalue weighted by Crippen LogP contribution is -2.49. The molecular formula is C25H24ClF4N5O4. The van der Waals surface area contributed by atoms with Gasteiger partial charge in [0.1, 0.15) is 24.1 Å². The number of carbonyl (C=O) groups excluding carboxylic acids is 3. The normalized spacial score (nSPS) is 11.9. The number of aromatic nitrogens is 1. The van der Waals surface area contributed by atoms with Crippen molar-refractivity contribution in [3.05, 3.63) is 70.9 Å². The molecule has 14 heteroatoms. The van der Waals surface area contributed by atoms with Crippen molar-refractivity contribution in [3.8, 4) is 0 Å². The van der Waals surface area contributed by atoms with Crippen LogP contribution in [0.3, 0.4) is 0 Å². The van der Waals surface area contributed by atoms with Crippen LogP contribution in [0.1, 0.15) is 12.0 Å². The van der Waals surface area contributed by atoms with Crippen molar-refractivity contribution in [2.75, 3.05) is 25.5 Å². The molecule has 0 saturated carbocycles. The quantitative estimate of drug-likeness (QED) is 0.229. The second kappa shape index (κ2) is 13.1. The van der Waals surface area contributed by atoms with Gasteiger partial charge in [0.2, 0.25) is 6.41 Å². The minimum absolute atomic E-state index is 0.0215. The van der Waals surface area contributed by atoms with Gasteiger partial charge in [0.25, 0.3) is 5.92 Å². The summed E-state index contributed by atoms with van der Waals surface area (Å²) in [6.45, 7) is -1.87. The van der Waals surface area contributed by atoms with E-state index in [1.165, 1.54) is 49.6 Å². The van der Waals surface area contributed by atoms with Crippen LogP contribution in [0.25, 0.3) is 10.8 Å². The summed E-state index contributed by atoms with van der Waals surface area (Å²) in [7, 11) is 1.21. The molecule has 208 valence electrons. The molecule has 0 aliphatic rings. The topological polar surface area (TPSA) is 113 Å². The Balaban J connectivity index is 1.67. The summed E-state index contributed by atoms with van der Waals surface area (Å²) in [5.74, 6) is -4.62. The number of nitrogens with one attached hydrogen (secondary N) is 3. The van der Waals surface area contributed by atoms with E-state index < -0.39 is 55.3 Å². The second-order valence-electron chi connectivity index (χ2n) is 8.48. The number of benzene rings is 2. The van der Waals surface area contributed by atoms with E-state index in [1.54, 1.807) is 0 Å². The zero-order chi connectivity index (χ0) is 28.6. The monoisotopic (exact) mass is 569 g/mol. The van der Waals surface area contributed by atoms with Gasteiger partial charge in [-0.15, -0.1) is 0 Å². The first-order valence-electron chi connectivity index (χ1n) is 11.5. The molecule has 1 aromatic heterocycles. The largest absolute Gasteiger partial charge is 0.447 e. The second-order valence-corrected chi connectivity index (χ2v) is 8.86. The van der Waals surface area contributed by atoms with Crippen LogP contribution in [0.5, 0.6) is 0 Å². The fourth-order valence-electron chi connectivity index (χ4n) is 3.55. The van der Waals surface area contributed by atoms with Crippen LogP contribution in [-0.4, -0.2) is 60.6 Å². The van der Waals surface area contributed by atoms with Crippen LogP contribution in [0.2, 0.25) is 5.02 Å². The van der Waals surface area contributed by atoms with Crippen LogP contribution in [0.15, 0.2) is 48.7 Å². The molecule has 0 radical (unpaired) electrons. The number of carbonyl (C=O) groups is 3. The van der Waals surface area contributed by atoms with Crippen molar-refractivity contribution in [1.29, 1.82) is 0 Å². The summed E-state index contributed by atoms with van der Waals surface area (Å²) in [4.78, 5) is 40.5. The fraction of sp³-hybridized carbons (Fsp3) is 0.280. The maximum atomic E-state index is 14.4. The summed E-state index contributed by atoms with van der Waals surface area (Å²) < 4.78 is 61.1. The number of rotatable bonds is 11. The molecule has 4 amide bonds. The van der Waals surface area contributed by atoms with Crippen molar-refractivity contribution in [2.24, 2.45) is 0 Å². The van der Waals surface area contributed by atoms with Crippen LogP contribution < -0.4 is 16.0 Å². The van der Waals surface area contributed by atoms with Crippen LogP contribution in [-0.2, 0) is 16.1 Å². The number of hydrogen-bond acceptors (Lipinski definition) is 5. The van der Waals surface area contributed by atoms with E-state index in [4.69, 9.17) is 16.3 Å². The molecule has 0 saturated heterocycles. The highest BCUT2D eigenvalue weighted by atomic mass is 35.5. The first-order chi connectivity index (χ1) is 18.5. The number of alkyl halides is 2. The molecule has 0 spiro atoms. The van der Waals surface area contributed by atoms with Gasteiger partial charge in [-0.3, -0.25) is 10.1 Å². The van der Waals surface area contributed by atoms with Gasteiger partial charge in [-0.1, -0.05) is 23.7 Å². The number of likely N-dealkylation sites (N-methyl/N-ethyl adjacent to an activating group) is 1. The fourth-order valence-corrected chi connectivity index (χ4v) is 3.75. The molecule has 3 aromatic rings. The first-order valence-corrected chi connectivity index (χ1v) is 11.8. The SMILES string of the molecule is CN(C(=O)NCc1cccc(F)c1Cl)[C@H](COC(=O)Nc1cc2cc(F)ccc2cn1)CC(F)(F)CNC=O. The van der Waals surface area contributed by atoms with Crippen LogP contribution >= 0.6 is 11.6 Å². The molecule has 3 rings (SSSR count). The van der Waals surface area contributed by atoms with Crippen LogP contribution in [0.4, 0.5) is 33.0 Å². The van der Waals surface area contributed by atoms with Crippen molar-refractivity contribution in [1.82, 2.24) is 20.5 Å². The standard InChI is InChI=1S/C25H24ClF4N5O4/c1-35(23(37)33-11-16-3-2-4-20(28)22(16)26)19(9-25(29,30)13-31-14-36)12-39-24(38)34-21-8-17-7-18(27)6-5-15(17)10-32-21/h2-8,10,14,19H,9,11-13H2,1H3,(H,31,36)(H,33,37)(H,32,34,38)/t19-/m0/s1. The molecule has 9 nitrogen and oxygen atoms in total. The highest BCUT2D eigenvalue weighted by molar-refractivity contribution is 6.31. The van der Waals surface area contributed by atoms with Gasteiger partial charge in [0, 0.05) is 31.6 Å². The molecule has 0 unspecified atom stereocenters.